The average molecular weight is 929 g/mol. The van der Waals surface area contributed by atoms with Crippen molar-refractivity contribution in [2.24, 2.45) is 0 Å². The van der Waals surface area contributed by atoms with E-state index >= 15 is 0 Å². The summed E-state index contributed by atoms with van der Waals surface area (Å²) in [4.78, 5) is 38.1. The molecule has 0 heterocycles. The first-order valence-corrected chi connectivity index (χ1v) is 27.4. The standard InChI is InChI=1S/C61H100O6/c1-4-7-10-13-16-19-22-25-28-30-33-36-39-42-45-48-51-54-60(63)66-57-58(56-65-59(62)53-50-47-44-41-38-35-32-27-24-21-18-15-12-9-6-3)67-61(64)55-52-49-46-43-40-37-34-31-29-26-23-20-17-14-11-8-5-2/h16-21,25-29,32,34,37-38,41,43,46,58H,4-15,22-24,30-31,33,35-36,39-40,42,44-45,47-57H2,1-3H3/b19-16-,20-17-,21-18-,28-25-,29-26-,32-27-,37-34-,41-38-,46-43-/t58-/m0/s1. The highest BCUT2D eigenvalue weighted by Gasteiger charge is 2.19. The summed E-state index contributed by atoms with van der Waals surface area (Å²) < 4.78 is 16.7. The van der Waals surface area contributed by atoms with Crippen LogP contribution in [0.2, 0.25) is 0 Å². The molecule has 6 nitrogen and oxygen atoms in total. The van der Waals surface area contributed by atoms with E-state index in [0.717, 1.165) is 83.5 Å². The molecule has 0 aliphatic heterocycles. The van der Waals surface area contributed by atoms with E-state index in [1.54, 1.807) is 0 Å². The number of hydrogen-bond donors (Lipinski definition) is 0. The van der Waals surface area contributed by atoms with Gasteiger partial charge in [-0.1, -0.05) is 201 Å². The Balaban J connectivity index is 4.56. The molecule has 0 fully saturated rings. The number of rotatable bonds is 48. The van der Waals surface area contributed by atoms with Crippen LogP contribution in [0.1, 0.15) is 239 Å². The van der Waals surface area contributed by atoms with Crippen LogP contribution in [0.25, 0.3) is 0 Å². The zero-order valence-electron chi connectivity index (χ0n) is 43.4. The van der Waals surface area contributed by atoms with Crippen molar-refractivity contribution in [2.45, 2.75) is 245 Å². The van der Waals surface area contributed by atoms with Crippen LogP contribution in [0, 0.1) is 0 Å². The molecule has 380 valence electrons. The first-order valence-electron chi connectivity index (χ1n) is 27.4. The van der Waals surface area contributed by atoms with Gasteiger partial charge >= 0.3 is 17.9 Å². The second kappa shape index (κ2) is 54.7. The summed E-state index contributed by atoms with van der Waals surface area (Å²) in [6.45, 7) is 6.46. The van der Waals surface area contributed by atoms with Gasteiger partial charge in [-0.2, -0.15) is 0 Å². The molecule has 6 heteroatoms. The van der Waals surface area contributed by atoms with Gasteiger partial charge in [-0.25, -0.2) is 0 Å². The Hall–Kier alpha value is -3.93. The molecule has 0 aromatic carbocycles. The summed E-state index contributed by atoms with van der Waals surface area (Å²) in [5.41, 5.74) is 0. The summed E-state index contributed by atoms with van der Waals surface area (Å²) >= 11 is 0. The van der Waals surface area contributed by atoms with Gasteiger partial charge in [0.1, 0.15) is 13.2 Å². The second-order valence-electron chi connectivity index (χ2n) is 17.8. The molecule has 0 saturated carbocycles. The maximum atomic E-state index is 12.8. The zero-order valence-corrected chi connectivity index (χ0v) is 43.4. The number of carbonyl (C=O) groups excluding carboxylic acids is 3. The van der Waals surface area contributed by atoms with Crippen molar-refractivity contribution in [3.05, 3.63) is 109 Å². The van der Waals surface area contributed by atoms with Crippen molar-refractivity contribution in [3.63, 3.8) is 0 Å². The van der Waals surface area contributed by atoms with Gasteiger partial charge < -0.3 is 14.2 Å². The number of carbonyl (C=O) groups is 3. The fraction of sp³-hybridized carbons (Fsp3) is 0.656. The van der Waals surface area contributed by atoms with Gasteiger partial charge in [-0.05, 0) is 128 Å². The highest BCUT2D eigenvalue weighted by molar-refractivity contribution is 5.71. The normalized spacial score (nSPS) is 12.9. The van der Waals surface area contributed by atoms with E-state index in [-0.39, 0.29) is 37.5 Å². The third-order valence-corrected chi connectivity index (χ3v) is 11.2. The molecule has 0 unspecified atom stereocenters. The second-order valence-corrected chi connectivity index (χ2v) is 17.8. The van der Waals surface area contributed by atoms with Crippen molar-refractivity contribution in [1.82, 2.24) is 0 Å². The van der Waals surface area contributed by atoms with Gasteiger partial charge in [0.2, 0.25) is 0 Å². The molecule has 67 heavy (non-hydrogen) atoms. The van der Waals surface area contributed by atoms with Crippen molar-refractivity contribution in [3.8, 4) is 0 Å². The highest BCUT2D eigenvalue weighted by Crippen LogP contribution is 2.12. The van der Waals surface area contributed by atoms with Crippen LogP contribution in [-0.2, 0) is 28.6 Å². The molecule has 0 spiro atoms. The van der Waals surface area contributed by atoms with Crippen LogP contribution in [-0.4, -0.2) is 37.2 Å². The van der Waals surface area contributed by atoms with Crippen molar-refractivity contribution in [1.29, 1.82) is 0 Å². The highest BCUT2D eigenvalue weighted by atomic mass is 16.6. The van der Waals surface area contributed by atoms with Crippen LogP contribution in [0.4, 0.5) is 0 Å². The first kappa shape index (κ1) is 63.1. The Morgan fingerprint density at radius 1 is 0.299 bits per heavy atom. The van der Waals surface area contributed by atoms with Gasteiger partial charge in [-0.15, -0.1) is 0 Å². The van der Waals surface area contributed by atoms with Crippen LogP contribution in [0.5, 0.6) is 0 Å². The number of hydrogen-bond acceptors (Lipinski definition) is 6. The first-order chi connectivity index (χ1) is 33.0. The van der Waals surface area contributed by atoms with E-state index in [4.69, 9.17) is 14.2 Å². The Bertz CT molecular complexity index is 1390. The lowest BCUT2D eigenvalue weighted by molar-refractivity contribution is -0.167. The quantitative estimate of drug-likeness (QED) is 0.0262. The zero-order chi connectivity index (χ0) is 48.6. The minimum atomic E-state index is -0.827. The van der Waals surface area contributed by atoms with Gasteiger partial charge in [0.25, 0.3) is 0 Å². The Labute approximate surface area is 412 Å². The van der Waals surface area contributed by atoms with E-state index < -0.39 is 6.10 Å². The van der Waals surface area contributed by atoms with Gasteiger partial charge in [0.15, 0.2) is 6.10 Å². The van der Waals surface area contributed by atoms with Gasteiger partial charge in [0.05, 0.1) is 0 Å². The SMILES string of the molecule is CCCCC/C=C\C/C=C\C/C=C\C/C=C\CCCC(=O)O[C@@H](COC(=O)CCCC/C=C\C/C=C\C/C=C\CCCCC)COC(=O)CCCCCCCCC/C=C\C/C=C\CCCCC. The predicted octanol–water partition coefficient (Wildman–Crippen LogP) is 18.3. The van der Waals surface area contributed by atoms with E-state index in [9.17, 15) is 14.4 Å². The van der Waals surface area contributed by atoms with Crippen LogP contribution >= 0.6 is 0 Å². The van der Waals surface area contributed by atoms with E-state index in [2.05, 4.69) is 130 Å². The molecule has 0 aromatic rings. The number of ether oxygens (including phenoxy) is 3. The van der Waals surface area contributed by atoms with Gasteiger partial charge in [-0.3, -0.25) is 14.4 Å². The molecular formula is C61H100O6. The predicted molar refractivity (Wildman–Crippen MR) is 288 cm³/mol. The molecule has 0 N–H and O–H groups in total. The topological polar surface area (TPSA) is 78.9 Å². The molecule has 0 bridgehead atoms. The largest absolute Gasteiger partial charge is 0.462 e. The Morgan fingerprint density at radius 3 is 0.910 bits per heavy atom. The Morgan fingerprint density at radius 2 is 0.552 bits per heavy atom. The fourth-order valence-corrected chi connectivity index (χ4v) is 7.06. The monoisotopic (exact) mass is 929 g/mol. The Kier molecular flexibility index (Phi) is 51.5. The lowest BCUT2D eigenvalue weighted by Crippen LogP contribution is -2.30. The van der Waals surface area contributed by atoms with E-state index in [0.29, 0.717) is 25.7 Å². The molecule has 0 amide bonds. The molecule has 0 rings (SSSR count). The molecule has 0 saturated heterocycles. The number of esters is 3. The van der Waals surface area contributed by atoms with Crippen molar-refractivity contribution >= 4 is 17.9 Å². The lowest BCUT2D eigenvalue weighted by Gasteiger charge is -2.18. The average Bonchev–Trinajstić information content (AvgIpc) is 3.33. The molecule has 0 aliphatic carbocycles. The third-order valence-electron chi connectivity index (χ3n) is 11.2. The summed E-state index contributed by atoms with van der Waals surface area (Å²) in [6.07, 6.45) is 73.6. The van der Waals surface area contributed by atoms with E-state index in [1.165, 1.54) is 103 Å². The maximum Gasteiger partial charge on any atom is 0.306 e. The fourth-order valence-electron chi connectivity index (χ4n) is 7.06. The lowest BCUT2D eigenvalue weighted by atomic mass is 10.1. The van der Waals surface area contributed by atoms with Gasteiger partial charge in [0, 0.05) is 19.3 Å². The molecule has 1 atom stereocenters. The summed E-state index contributed by atoms with van der Waals surface area (Å²) in [7, 11) is 0. The summed E-state index contributed by atoms with van der Waals surface area (Å²) in [5, 5.41) is 0. The van der Waals surface area contributed by atoms with Crippen molar-refractivity contribution < 1.29 is 28.6 Å². The number of unbranched alkanes of at least 4 members (excludes halogenated alkanes) is 19. The number of allylic oxidation sites excluding steroid dienone is 18. The third kappa shape index (κ3) is 52.9. The van der Waals surface area contributed by atoms with Crippen LogP contribution in [0.15, 0.2) is 109 Å². The van der Waals surface area contributed by atoms with Crippen LogP contribution in [0.3, 0.4) is 0 Å². The summed E-state index contributed by atoms with van der Waals surface area (Å²) in [5.74, 6) is -1.02. The molecule has 0 radical (unpaired) electrons. The molecule has 0 aromatic heterocycles. The minimum Gasteiger partial charge on any atom is -0.462 e. The molecule has 0 aliphatic rings. The minimum absolute atomic E-state index is 0.118. The molecular weight excluding hydrogens is 829 g/mol. The summed E-state index contributed by atoms with van der Waals surface area (Å²) in [6, 6.07) is 0. The van der Waals surface area contributed by atoms with E-state index in [1.807, 2.05) is 0 Å². The smallest absolute Gasteiger partial charge is 0.306 e. The van der Waals surface area contributed by atoms with Crippen molar-refractivity contribution in [2.75, 3.05) is 13.2 Å². The van der Waals surface area contributed by atoms with Crippen LogP contribution < -0.4 is 0 Å². The maximum absolute atomic E-state index is 12.8.